The molecular weight excluding hydrogens is 653 g/mol. The van der Waals surface area contributed by atoms with Crippen molar-refractivity contribution in [2.45, 2.75) is 0 Å². The minimum Gasteiger partial charge on any atom is -0.315 e. The van der Waals surface area contributed by atoms with Crippen LogP contribution in [0, 0.1) is 0 Å². The number of nitrogens with zero attached hydrogens (tertiary/aromatic N) is 2. The van der Waals surface area contributed by atoms with Crippen molar-refractivity contribution in [3.63, 3.8) is 0 Å². The standard InChI is InChI=1S/C52H36N2/c1-4-13-37(14-5-1)39-23-29-44(30-24-39)54(45-31-25-40(26-32-45)38-15-6-2-7-16-38)46-33-27-42(28-34-46)47-21-12-22-49-50(43-18-8-3-9-19-43)52-48-20-11-10-17-41(48)35-36-53(52)51(47)49/h1-36H. The van der Waals surface area contributed by atoms with Crippen LogP contribution in [0.2, 0.25) is 0 Å². The van der Waals surface area contributed by atoms with Crippen molar-refractivity contribution in [2.24, 2.45) is 0 Å². The average molecular weight is 689 g/mol. The van der Waals surface area contributed by atoms with Crippen LogP contribution in [0.1, 0.15) is 0 Å². The van der Waals surface area contributed by atoms with Gasteiger partial charge < -0.3 is 9.30 Å². The van der Waals surface area contributed by atoms with Crippen molar-refractivity contribution in [1.29, 1.82) is 0 Å². The van der Waals surface area contributed by atoms with E-state index in [1.165, 1.54) is 71.7 Å². The van der Waals surface area contributed by atoms with Crippen LogP contribution in [-0.4, -0.2) is 4.40 Å². The van der Waals surface area contributed by atoms with E-state index in [0.29, 0.717) is 0 Å². The fraction of sp³-hybridized carbons (Fsp3) is 0. The normalized spacial score (nSPS) is 11.3. The van der Waals surface area contributed by atoms with Crippen LogP contribution in [0.3, 0.4) is 0 Å². The van der Waals surface area contributed by atoms with Crippen molar-refractivity contribution in [1.82, 2.24) is 4.40 Å². The smallest absolute Gasteiger partial charge is 0.0619 e. The topological polar surface area (TPSA) is 7.65 Å². The van der Waals surface area contributed by atoms with Gasteiger partial charge in [0.25, 0.3) is 0 Å². The van der Waals surface area contributed by atoms with Crippen molar-refractivity contribution in [3.8, 4) is 44.5 Å². The third kappa shape index (κ3) is 5.53. The molecule has 0 atom stereocenters. The Balaban J connectivity index is 1.10. The molecule has 0 aliphatic heterocycles. The highest BCUT2D eigenvalue weighted by atomic mass is 15.1. The largest absolute Gasteiger partial charge is 0.315 e. The summed E-state index contributed by atoms with van der Waals surface area (Å²) in [5.74, 6) is 0. The van der Waals surface area contributed by atoms with Gasteiger partial charge in [-0.2, -0.15) is 0 Å². The number of anilines is 3. The molecule has 0 aliphatic carbocycles. The van der Waals surface area contributed by atoms with Gasteiger partial charge in [0.15, 0.2) is 0 Å². The molecule has 8 aromatic carbocycles. The molecule has 0 radical (unpaired) electrons. The first-order chi connectivity index (χ1) is 26.8. The number of benzene rings is 8. The third-order valence-corrected chi connectivity index (χ3v) is 10.6. The second-order valence-electron chi connectivity index (χ2n) is 13.8. The predicted molar refractivity (Wildman–Crippen MR) is 229 cm³/mol. The lowest BCUT2D eigenvalue weighted by Crippen LogP contribution is -2.09. The first kappa shape index (κ1) is 31.6. The number of fused-ring (bicyclic) bond motifs is 5. The predicted octanol–water partition coefficient (Wildman–Crippen LogP) is 14.4. The molecule has 254 valence electrons. The Morgan fingerprint density at radius 1 is 0.296 bits per heavy atom. The van der Waals surface area contributed by atoms with Crippen molar-refractivity contribution in [2.75, 3.05) is 4.90 Å². The molecule has 0 unspecified atom stereocenters. The third-order valence-electron chi connectivity index (χ3n) is 10.6. The van der Waals surface area contributed by atoms with Gasteiger partial charge in [0.2, 0.25) is 0 Å². The van der Waals surface area contributed by atoms with Gasteiger partial charge in [-0.15, -0.1) is 0 Å². The molecule has 0 N–H and O–H groups in total. The molecule has 0 saturated carbocycles. The van der Waals surface area contributed by atoms with Crippen LogP contribution >= 0.6 is 0 Å². The summed E-state index contributed by atoms with van der Waals surface area (Å²) in [6.07, 6.45) is 2.24. The first-order valence-corrected chi connectivity index (χ1v) is 18.5. The molecule has 54 heavy (non-hydrogen) atoms. The maximum atomic E-state index is 2.40. The number of hydrogen-bond acceptors (Lipinski definition) is 1. The van der Waals surface area contributed by atoms with Gasteiger partial charge in [0.05, 0.1) is 11.0 Å². The van der Waals surface area contributed by atoms with Gasteiger partial charge in [-0.1, -0.05) is 170 Å². The van der Waals surface area contributed by atoms with E-state index < -0.39 is 0 Å². The van der Waals surface area contributed by atoms with Gasteiger partial charge in [0, 0.05) is 45.2 Å². The lowest BCUT2D eigenvalue weighted by Gasteiger charge is -2.26. The highest BCUT2D eigenvalue weighted by molar-refractivity contribution is 6.17. The molecule has 0 saturated heterocycles. The van der Waals surface area contributed by atoms with Crippen molar-refractivity contribution < 1.29 is 0 Å². The molecule has 2 aromatic heterocycles. The van der Waals surface area contributed by atoms with E-state index in [1.54, 1.807) is 0 Å². The molecule has 0 aliphatic rings. The minimum absolute atomic E-state index is 1.10. The molecule has 10 rings (SSSR count). The number of para-hydroxylation sites is 1. The molecule has 2 heterocycles. The Morgan fingerprint density at radius 2 is 0.741 bits per heavy atom. The van der Waals surface area contributed by atoms with Crippen LogP contribution in [0.4, 0.5) is 17.1 Å². The van der Waals surface area contributed by atoms with Gasteiger partial charge in [-0.3, -0.25) is 0 Å². The van der Waals surface area contributed by atoms with Crippen molar-refractivity contribution in [3.05, 3.63) is 219 Å². The molecule has 2 heteroatoms. The second-order valence-corrected chi connectivity index (χ2v) is 13.8. The summed E-state index contributed by atoms with van der Waals surface area (Å²) < 4.78 is 2.40. The fourth-order valence-corrected chi connectivity index (χ4v) is 8.03. The summed E-state index contributed by atoms with van der Waals surface area (Å²) in [4.78, 5) is 2.35. The Morgan fingerprint density at radius 3 is 1.30 bits per heavy atom. The molecule has 0 spiro atoms. The van der Waals surface area contributed by atoms with Crippen LogP contribution in [0.5, 0.6) is 0 Å². The number of hydrogen-bond donors (Lipinski definition) is 0. The monoisotopic (exact) mass is 688 g/mol. The van der Waals surface area contributed by atoms with E-state index in [1.807, 2.05) is 0 Å². The van der Waals surface area contributed by atoms with Gasteiger partial charge in [0.1, 0.15) is 0 Å². The molecule has 10 aromatic rings. The number of rotatable bonds is 7. The molecular formula is C52H36N2. The number of pyridine rings is 1. The van der Waals surface area contributed by atoms with Gasteiger partial charge in [-0.05, 0) is 81.2 Å². The van der Waals surface area contributed by atoms with E-state index in [9.17, 15) is 0 Å². The Kier molecular flexibility index (Phi) is 7.85. The van der Waals surface area contributed by atoms with Gasteiger partial charge in [-0.25, -0.2) is 0 Å². The Bertz CT molecular complexity index is 2790. The molecule has 0 fully saturated rings. The summed E-state index contributed by atoms with van der Waals surface area (Å²) in [7, 11) is 0. The van der Waals surface area contributed by atoms with E-state index >= 15 is 0 Å². The molecule has 0 amide bonds. The minimum atomic E-state index is 1.10. The summed E-state index contributed by atoms with van der Waals surface area (Å²) in [6, 6.07) is 76.5. The highest BCUT2D eigenvalue weighted by Crippen LogP contribution is 2.43. The first-order valence-electron chi connectivity index (χ1n) is 18.5. The van der Waals surface area contributed by atoms with Crippen LogP contribution in [0.15, 0.2) is 219 Å². The lowest BCUT2D eigenvalue weighted by molar-refractivity contribution is 1.27. The van der Waals surface area contributed by atoms with E-state index in [0.717, 1.165) is 17.1 Å². The van der Waals surface area contributed by atoms with Gasteiger partial charge >= 0.3 is 0 Å². The van der Waals surface area contributed by atoms with E-state index in [-0.39, 0.29) is 0 Å². The maximum Gasteiger partial charge on any atom is 0.0619 e. The SMILES string of the molecule is c1ccc(-c2ccc(N(c3ccc(-c4ccccc4)cc3)c3ccc(-c4cccc5c(-c6ccccc6)c6c7ccccc7ccn6c45)cc3)cc2)cc1. The van der Waals surface area contributed by atoms with E-state index in [2.05, 4.69) is 228 Å². The maximum absolute atomic E-state index is 2.40. The Hall–Kier alpha value is -7.16. The quantitative estimate of drug-likeness (QED) is 0.162. The van der Waals surface area contributed by atoms with Crippen LogP contribution in [-0.2, 0) is 0 Å². The molecule has 2 nitrogen and oxygen atoms in total. The van der Waals surface area contributed by atoms with Crippen LogP contribution < -0.4 is 4.90 Å². The van der Waals surface area contributed by atoms with Crippen molar-refractivity contribution >= 4 is 44.3 Å². The average Bonchev–Trinajstić information content (AvgIpc) is 3.61. The second kappa shape index (κ2) is 13.4. The Labute approximate surface area is 315 Å². The zero-order valence-corrected chi connectivity index (χ0v) is 29.7. The van der Waals surface area contributed by atoms with Crippen LogP contribution in [0.25, 0.3) is 71.7 Å². The summed E-state index contributed by atoms with van der Waals surface area (Å²) >= 11 is 0. The summed E-state index contributed by atoms with van der Waals surface area (Å²) in [5.41, 5.74) is 15.5. The zero-order valence-electron chi connectivity index (χ0n) is 29.7. The highest BCUT2D eigenvalue weighted by Gasteiger charge is 2.20. The fourth-order valence-electron chi connectivity index (χ4n) is 8.03. The van der Waals surface area contributed by atoms with E-state index in [4.69, 9.17) is 0 Å². The summed E-state index contributed by atoms with van der Waals surface area (Å²) in [5, 5.41) is 3.74. The lowest BCUT2D eigenvalue weighted by atomic mass is 9.97. The number of aromatic nitrogens is 1. The summed E-state index contributed by atoms with van der Waals surface area (Å²) in [6.45, 7) is 0. The molecule has 0 bridgehead atoms. The zero-order chi connectivity index (χ0) is 35.8.